The number of amides is 2. The lowest BCUT2D eigenvalue weighted by Gasteiger charge is -2.36. The molecule has 2 amide bonds. The van der Waals surface area contributed by atoms with Gasteiger partial charge in [-0.25, -0.2) is 0 Å². The highest BCUT2D eigenvalue weighted by atomic mass is 16.5. The molecule has 3 fully saturated rings. The molecule has 0 radical (unpaired) electrons. The standard InChI is InChI=1S/C24H30N2O7/c1-4-12-25(15-6-8-16(32-3)9-7-15)21(29)19-24-11-10-23(2,33-24)18(22(30)31)17(24)20(28)26(19)13-5-14-27/h4,6-9,17-19,27H,1,5,10-14H2,2-3H3,(H,30,31)/t17-,18+,19?,23-,24?/m0/s1. The molecule has 0 aliphatic carbocycles. The van der Waals surface area contributed by atoms with Crippen molar-refractivity contribution in [2.24, 2.45) is 11.8 Å². The third-order valence-electron chi connectivity index (χ3n) is 7.30. The zero-order valence-corrected chi connectivity index (χ0v) is 18.9. The van der Waals surface area contributed by atoms with E-state index in [4.69, 9.17) is 9.47 Å². The van der Waals surface area contributed by atoms with Gasteiger partial charge in [-0.2, -0.15) is 0 Å². The van der Waals surface area contributed by atoms with Crippen molar-refractivity contribution in [3.8, 4) is 5.75 Å². The van der Waals surface area contributed by atoms with Crippen LogP contribution in [-0.2, 0) is 19.1 Å². The molecule has 3 heterocycles. The first-order valence-corrected chi connectivity index (χ1v) is 11.1. The van der Waals surface area contributed by atoms with Gasteiger partial charge in [0, 0.05) is 25.4 Å². The van der Waals surface area contributed by atoms with Crippen molar-refractivity contribution < 1.29 is 34.1 Å². The fourth-order valence-corrected chi connectivity index (χ4v) is 5.92. The summed E-state index contributed by atoms with van der Waals surface area (Å²) in [5.74, 6) is -3.18. The number of carbonyl (C=O) groups excluding carboxylic acids is 2. The van der Waals surface area contributed by atoms with Crippen LogP contribution in [0.2, 0.25) is 0 Å². The lowest BCUT2D eigenvalue weighted by atomic mass is 9.66. The van der Waals surface area contributed by atoms with Crippen LogP contribution in [0.4, 0.5) is 5.69 Å². The van der Waals surface area contributed by atoms with Gasteiger partial charge in [0.25, 0.3) is 5.91 Å². The highest BCUT2D eigenvalue weighted by Gasteiger charge is 2.78. The van der Waals surface area contributed by atoms with Gasteiger partial charge in [0.1, 0.15) is 17.4 Å². The van der Waals surface area contributed by atoms with E-state index >= 15 is 0 Å². The van der Waals surface area contributed by atoms with Crippen LogP contribution in [0.3, 0.4) is 0 Å². The molecule has 33 heavy (non-hydrogen) atoms. The second kappa shape index (κ2) is 8.46. The molecule has 3 aliphatic rings. The van der Waals surface area contributed by atoms with Gasteiger partial charge < -0.3 is 29.5 Å². The molecule has 1 aromatic rings. The van der Waals surface area contributed by atoms with Crippen molar-refractivity contribution in [1.82, 2.24) is 4.90 Å². The molecule has 1 spiro atoms. The number of aliphatic hydroxyl groups is 1. The first kappa shape index (κ1) is 23.3. The van der Waals surface area contributed by atoms with Crippen LogP contribution < -0.4 is 9.64 Å². The molecule has 2 bridgehead atoms. The van der Waals surface area contributed by atoms with Crippen LogP contribution in [0, 0.1) is 11.8 Å². The Kier molecular flexibility index (Phi) is 5.96. The number of hydrogen-bond donors (Lipinski definition) is 2. The number of anilines is 1. The Morgan fingerprint density at radius 2 is 2.03 bits per heavy atom. The van der Waals surface area contributed by atoms with E-state index in [0.717, 1.165) is 0 Å². The molecule has 0 saturated carbocycles. The van der Waals surface area contributed by atoms with Crippen LogP contribution in [0.25, 0.3) is 0 Å². The minimum absolute atomic E-state index is 0.140. The van der Waals surface area contributed by atoms with Crippen molar-refractivity contribution >= 4 is 23.5 Å². The quantitative estimate of drug-likeness (QED) is 0.538. The lowest BCUT2D eigenvalue weighted by Crippen LogP contribution is -2.56. The average Bonchev–Trinajstić information content (AvgIpc) is 3.36. The molecule has 5 atom stereocenters. The maximum atomic E-state index is 14.1. The number of aliphatic carboxylic acids is 1. The van der Waals surface area contributed by atoms with Gasteiger partial charge in [-0.3, -0.25) is 14.4 Å². The summed E-state index contributed by atoms with van der Waals surface area (Å²) in [5.41, 5.74) is -1.62. The molecule has 178 valence electrons. The van der Waals surface area contributed by atoms with Gasteiger partial charge in [-0.1, -0.05) is 6.08 Å². The lowest BCUT2D eigenvalue weighted by molar-refractivity contribution is -0.154. The average molecular weight is 459 g/mol. The summed E-state index contributed by atoms with van der Waals surface area (Å²) in [6.45, 7) is 5.67. The fraction of sp³-hybridized carbons (Fsp3) is 0.542. The zero-order valence-electron chi connectivity index (χ0n) is 18.9. The van der Waals surface area contributed by atoms with Crippen LogP contribution >= 0.6 is 0 Å². The molecular formula is C24H30N2O7. The summed E-state index contributed by atoms with van der Waals surface area (Å²) in [6, 6.07) is 5.98. The van der Waals surface area contributed by atoms with Gasteiger partial charge in [0.15, 0.2) is 0 Å². The number of benzene rings is 1. The highest BCUT2D eigenvalue weighted by molar-refractivity contribution is 6.04. The molecule has 9 nitrogen and oxygen atoms in total. The SMILES string of the molecule is C=CCN(C(=O)C1N(CCCO)C(=O)[C@@H]2[C@H](C(=O)O)[C@]3(C)CCC12O3)c1ccc(OC)cc1. The summed E-state index contributed by atoms with van der Waals surface area (Å²) in [6.07, 6.45) is 2.74. The molecule has 3 aliphatic heterocycles. The van der Waals surface area contributed by atoms with Crippen molar-refractivity contribution in [3.63, 3.8) is 0 Å². The predicted octanol–water partition coefficient (Wildman–Crippen LogP) is 1.45. The Balaban J connectivity index is 1.78. The Hall–Kier alpha value is -2.91. The predicted molar refractivity (Wildman–Crippen MR) is 119 cm³/mol. The second-order valence-corrected chi connectivity index (χ2v) is 9.11. The fourth-order valence-electron chi connectivity index (χ4n) is 5.92. The number of carboxylic acid groups (broad SMARTS) is 1. The minimum atomic E-state index is -1.21. The number of methoxy groups -OCH3 is 1. The molecule has 4 rings (SSSR count). The van der Waals surface area contributed by atoms with Crippen LogP contribution in [0.5, 0.6) is 5.75 Å². The third-order valence-corrected chi connectivity index (χ3v) is 7.30. The van der Waals surface area contributed by atoms with Crippen molar-refractivity contribution in [3.05, 3.63) is 36.9 Å². The Morgan fingerprint density at radius 3 is 2.61 bits per heavy atom. The van der Waals surface area contributed by atoms with E-state index in [1.807, 2.05) is 0 Å². The van der Waals surface area contributed by atoms with Gasteiger partial charge >= 0.3 is 5.97 Å². The van der Waals surface area contributed by atoms with Gasteiger partial charge in [0.05, 0.1) is 24.5 Å². The molecule has 9 heteroatoms. The van der Waals surface area contributed by atoms with Gasteiger partial charge in [0.2, 0.25) is 5.91 Å². The maximum Gasteiger partial charge on any atom is 0.310 e. The zero-order chi connectivity index (χ0) is 24.0. The third kappa shape index (κ3) is 3.41. The summed E-state index contributed by atoms with van der Waals surface area (Å²) in [5, 5.41) is 19.3. The number of hydrogen-bond acceptors (Lipinski definition) is 6. The molecule has 2 N–H and O–H groups in total. The van der Waals surface area contributed by atoms with E-state index < -0.39 is 41.0 Å². The number of fused-ring (bicyclic) bond motifs is 1. The van der Waals surface area contributed by atoms with E-state index in [0.29, 0.717) is 24.3 Å². The topological polar surface area (TPSA) is 117 Å². The first-order chi connectivity index (χ1) is 15.7. The van der Waals surface area contributed by atoms with Crippen molar-refractivity contribution in [2.75, 3.05) is 31.7 Å². The van der Waals surface area contributed by atoms with Gasteiger partial charge in [-0.15, -0.1) is 6.58 Å². The van der Waals surface area contributed by atoms with E-state index in [9.17, 15) is 24.6 Å². The van der Waals surface area contributed by atoms with Crippen LogP contribution in [0.15, 0.2) is 36.9 Å². The van der Waals surface area contributed by atoms with Gasteiger partial charge in [-0.05, 0) is 50.5 Å². The van der Waals surface area contributed by atoms with E-state index in [-0.39, 0.29) is 32.0 Å². The summed E-state index contributed by atoms with van der Waals surface area (Å²) in [7, 11) is 1.55. The number of ether oxygens (including phenoxy) is 2. The van der Waals surface area contributed by atoms with Crippen LogP contribution in [-0.4, -0.2) is 76.9 Å². The molecule has 1 aromatic carbocycles. The number of likely N-dealkylation sites (tertiary alicyclic amines) is 1. The number of nitrogens with zero attached hydrogens (tertiary/aromatic N) is 2. The van der Waals surface area contributed by atoms with E-state index in [1.165, 1.54) is 9.80 Å². The Morgan fingerprint density at radius 1 is 1.33 bits per heavy atom. The van der Waals surface area contributed by atoms with E-state index in [1.54, 1.807) is 44.4 Å². The molecule has 3 saturated heterocycles. The summed E-state index contributed by atoms with van der Waals surface area (Å²) >= 11 is 0. The number of carboxylic acids is 1. The maximum absolute atomic E-state index is 14.1. The molecule has 2 unspecified atom stereocenters. The van der Waals surface area contributed by atoms with Crippen molar-refractivity contribution in [2.45, 2.75) is 43.4 Å². The summed E-state index contributed by atoms with van der Waals surface area (Å²) < 4.78 is 11.6. The number of aliphatic hydroxyl groups excluding tert-OH is 1. The Bertz CT molecular complexity index is 964. The summed E-state index contributed by atoms with van der Waals surface area (Å²) in [4.78, 5) is 42.8. The van der Waals surface area contributed by atoms with Crippen molar-refractivity contribution in [1.29, 1.82) is 0 Å². The largest absolute Gasteiger partial charge is 0.497 e. The Labute approximate surface area is 192 Å². The first-order valence-electron chi connectivity index (χ1n) is 11.1. The smallest absolute Gasteiger partial charge is 0.310 e. The monoisotopic (exact) mass is 458 g/mol. The second-order valence-electron chi connectivity index (χ2n) is 9.11. The van der Waals surface area contributed by atoms with E-state index in [2.05, 4.69) is 6.58 Å². The number of carbonyl (C=O) groups is 3. The molecular weight excluding hydrogens is 428 g/mol. The minimum Gasteiger partial charge on any atom is -0.497 e. The number of rotatable bonds is 9. The highest BCUT2D eigenvalue weighted by Crippen LogP contribution is 2.63. The normalized spacial score (nSPS) is 32.0. The van der Waals surface area contributed by atoms with Crippen LogP contribution in [0.1, 0.15) is 26.2 Å². The molecule has 0 aromatic heterocycles.